The first kappa shape index (κ1) is 18.5. The Morgan fingerprint density at radius 3 is 2.74 bits per heavy atom. The molecule has 1 fully saturated rings. The van der Waals surface area contributed by atoms with Crippen LogP contribution in [0.4, 0.5) is 0 Å². The van der Waals surface area contributed by atoms with Gasteiger partial charge in [0.05, 0.1) is 6.10 Å². The van der Waals surface area contributed by atoms with Crippen molar-refractivity contribution < 1.29 is 26.6 Å². The number of nitrogens with one attached hydrogen (secondary N) is 1. The molecule has 0 spiro atoms. The zero-order chi connectivity index (χ0) is 13.5. The van der Waals surface area contributed by atoms with Crippen molar-refractivity contribution in [2.75, 3.05) is 13.2 Å². The van der Waals surface area contributed by atoms with Gasteiger partial charge in [-0.1, -0.05) is 27.2 Å². The fourth-order valence-electron chi connectivity index (χ4n) is 2.68. The Labute approximate surface area is 127 Å². The largest absolute Gasteiger partial charge is 1.00 e. The van der Waals surface area contributed by atoms with Gasteiger partial charge in [-0.25, -0.2) is 0 Å². The molecule has 0 saturated heterocycles. The van der Waals surface area contributed by atoms with Crippen LogP contribution < -0.4 is 5.32 Å². The van der Waals surface area contributed by atoms with Gasteiger partial charge in [-0.05, 0) is 30.6 Å². The summed E-state index contributed by atoms with van der Waals surface area (Å²) in [5.41, 5.74) is 0. The second-order valence-corrected chi connectivity index (χ2v) is 5.63. The first-order chi connectivity index (χ1) is 8.54. The minimum absolute atomic E-state index is 0. The molecule has 1 amide bonds. The molecule has 0 heterocycles. The summed E-state index contributed by atoms with van der Waals surface area (Å²) in [6, 6.07) is 0. The zero-order valence-corrected chi connectivity index (χ0v) is 12.9. The third-order valence-electron chi connectivity index (χ3n) is 3.76. The fourth-order valence-corrected chi connectivity index (χ4v) is 2.68. The van der Waals surface area contributed by atoms with E-state index in [1.54, 1.807) is 0 Å². The van der Waals surface area contributed by atoms with Gasteiger partial charge in [0, 0.05) is 6.54 Å². The predicted octanol–water partition coefficient (Wildman–Crippen LogP) is 2.17. The monoisotopic (exact) mass is 313 g/mol. The van der Waals surface area contributed by atoms with Crippen LogP contribution in [0.25, 0.3) is 0 Å². The molecule has 19 heavy (non-hydrogen) atoms. The number of amides is 1. The van der Waals surface area contributed by atoms with Gasteiger partial charge in [-0.3, -0.25) is 4.79 Å². The van der Waals surface area contributed by atoms with Crippen molar-refractivity contribution in [3.05, 3.63) is 6.42 Å². The summed E-state index contributed by atoms with van der Waals surface area (Å²) in [5, 5.41) is 2.56. The second-order valence-electron chi connectivity index (χ2n) is 5.63. The molecule has 1 aliphatic carbocycles. The molecule has 0 aromatic rings. The summed E-state index contributed by atoms with van der Waals surface area (Å²) in [6.45, 7) is 6.96. The van der Waals surface area contributed by atoms with E-state index >= 15 is 0 Å². The van der Waals surface area contributed by atoms with Crippen LogP contribution in [0.15, 0.2) is 0 Å². The van der Waals surface area contributed by atoms with Crippen molar-refractivity contribution in [1.29, 1.82) is 0 Å². The topological polar surface area (TPSA) is 38.3 Å². The van der Waals surface area contributed by atoms with Gasteiger partial charge in [0.25, 0.3) is 0 Å². The van der Waals surface area contributed by atoms with Crippen LogP contribution >= 0.6 is 0 Å². The third kappa shape index (κ3) is 6.47. The van der Waals surface area contributed by atoms with E-state index in [0.717, 1.165) is 6.42 Å². The van der Waals surface area contributed by atoms with E-state index in [1.165, 1.54) is 12.8 Å². The molecule has 1 rings (SSSR count). The molecule has 1 N–H and O–H groups in total. The number of ether oxygens (including phenoxy) is 1. The molecule has 0 aliphatic heterocycles. The summed E-state index contributed by atoms with van der Waals surface area (Å²) < 4.78 is 5.79. The van der Waals surface area contributed by atoms with E-state index in [4.69, 9.17) is 11.2 Å². The molecule has 0 aromatic carbocycles. The summed E-state index contributed by atoms with van der Waals surface area (Å²) in [6.07, 6.45) is 10.4. The molecule has 1 saturated carbocycles. The number of hydrogen-bond acceptors (Lipinski definition) is 2. The summed E-state index contributed by atoms with van der Waals surface area (Å²) in [4.78, 5) is 11.4. The Bertz CT molecular complexity index is 312. The molecular formula is C15H24CuNO2. The first-order valence-electron chi connectivity index (χ1n) is 6.82. The van der Waals surface area contributed by atoms with Crippen molar-refractivity contribution >= 4 is 5.91 Å². The van der Waals surface area contributed by atoms with Crippen LogP contribution in [0.3, 0.4) is 0 Å². The molecule has 3 nitrogen and oxygen atoms in total. The van der Waals surface area contributed by atoms with Crippen LogP contribution in [-0.2, 0) is 26.6 Å². The average molecular weight is 314 g/mol. The van der Waals surface area contributed by atoms with Crippen LogP contribution in [0.2, 0.25) is 0 Å². The number of carbonyl (C=O) groups is 1. The van der Waals surface area contributed by atoms with Crippen molar-refractivity contribution in [1.82, 2.24) is 5.32 Å². The fraction of sp³-hybridized carbons (Fsp3) is 0.800. The van der Waals surface area contributed by atoms with Crippen molar-refractivity contribution in [2.45, 2.75) is 46.1 Å². The van der Waals surface area contributed by atoms with Gasteiger partial charge in [-0.2, -0.15) is 0 Å². The standard InChI is InChI=1S/C15H24NO2.Cu/c1-5-8-16-15(17)10-18-14-9-12(4)6-7-13(14)11(2)3;/h11-14H,6-10H2,2-4H3,(H,16,17);/q-1;+1/t12-,13+,14-;/m1./s1. The number of hydrogen-bond donors (Lipinski definition) is 1. The molecule has 1 aliphatic rings. The van der Waals surface area contributed by atoms with Gasteiger partial charge in [0.1, 0.15) is 6.61 Å². The normalized spacial score (nSPS) is 26.4. The summed E-state index contributed by atoms with van der Waals surface area (Å²) in [5.74, 6) is 3.82. The molecular weight excluding hydrogens is 290 g/mol. The van der Waals surface area contributed by atoms with E-state index < -0.39 is 0 Å². The number of rotatable bonds is 5. The van der Waals surface area contributed by atoms with Gasteiger partial charge in [0.15, 0.2) is 0 Å². The minimum Gasteiger partial charge on any atom is -0.692 e. The zero-order valence-electron chi connectivity index (χ0n) is 12.0. The van der Waals surface area contributed by atoms with E-state index in [-0.39, 0.29) is 42.2 Å². The van der Waals surface area contributed by atoms with Gasteiger partial charge >= 0.3 is 17.1 Å². The van der Waals surface area contributed by atoms with Crippen LogP contribution in [0, 0.1) is 30.1 Å². The Morgan fingerprint density at radius 1 is 1.47 bits per heavy atom. The van der Waals surface area contributed by atoms with Crippen LogP contribution in [-0.4, -0.2) is 25.2 Å². The Balaban J connectivity index is 0.00000324. The number of carbonyl (C=O) groups excluding carboxylic acids is 1. The van der Waals surface area contributed by atoms with E-state index in [0.29, 0.717) is 17.8 Å². The van der Waals surface area contributed by atoms with Crippen molar-refractivity contribution in [3.8, 4) is 5.92 Å². The Kier molecular flexibility index (Phi) is 9.18. The molecule has 0 aromatic heterocycles. The van der Waals surface area contributed by atoms with Crippen molar-refractivity contribution in [3.63, 3.8) is 0 Å². The Hall–Kier alpha value is -0.491. The van der Waals surface area contributed by atoms with Gasteiger partial charge in [0.2, 0.25) is 5.91 Å². The molecule has 0 bridgehead atoms. The molecule has 0 radical (unpaired) electrons. The SMILES string of the molecule is [C-]#CCNC(=O)CO[C@@H]1C[C@H](C)CC[C@H]1C(C)C.[Cu+]. The Morgan fingerprint density at radius 2 is 2.16 bits per heavy atom. The second kappa shape index (κ2) is 9.42. The van der Waals surface area contributed by atoms with E-state index in [2.05, 4.69) is 32.0 Å². The molecule has 112 valence electrons. The van der Waals surface area contributed by atoms with Crippen LogP contribution in [0.5, 0.6) is 0 Å². The maximum absolute atomic E-state index is 11.4. The van der Waals surface area contributed by atoms with E-state index in [1.807, 2.05) is 0 Å². The first-order valence-corrected chi connectivity index (χ1v) is 6.82. The predicted molar refractivity (Wildman–Crippen MR) is 71.2 cm³/mol. The maximum atomic E-state index is 11.4. The summed E-state index contributed by atoms with van der Waals surface area (Å²) >= 11 is 0. The molecule has 4 heteroatoms. The molecule has 0 unspecified atom stereocenters. The van der Waals surface area contributed by atoms with Gasteiger partial charge in [-0.15, -0.1) is 0 Å². The smallest absolute Gasteiger partial charge is 0.692 e. The van der Waals surface area contributed by atoms with Crippen molar-refractivity contribution in [2.24, 2.45) is 17.8 Å². The minimum atomic E-state index is -0.157. The van der Waals surface area contributed by atoms with Crippen LogP contribution in [0.1, 0.15) is 40.0 Å². The maximum Gasteiger partial charge on any atom is 1.00 e. The van der Waals surface area contributed by atoms with Gasteiger partial charge < -0.3 is 22.4 Å². The average Bonchev–Trinajstić information content (AvgIpc) is 2.33. The third-order valence-corrected chi connectivity index (χ3v) is 3.76. The quantitative estimate of drug-likeness (QED) is 0.480. The summed E-state index contributed by atoms with van der Waals surface area (Å²) in [7, 11) is 0. The molecule has 3 atom stereocenters. The van der Waals surface area contributed by atoms with E-state index in [9.17, 15) is 4.79 Å².